The fourth-order valence-electron chi connectivity index (χ4n) is 4.56. The van der Waals surface area contributed by atoms with Crippen molar-refractivity contribution in [2.75, 3.05) is 12.3 Å². The minimum absolute atomic E-state index is 0.0858. The molecule has 2 aliphatic rings. The van der Waals surface area contributed by atoms with E-state index in [0.29, 0.717) is 30.6 Å². The van der Waals surface area contributed by atoms with Crippen LogP contribution in [-0.2, 0) is 4.57 Å². The Kier molecular flexibility index (Phi) is 9.03. The van der Waals surface area contributed by atoms with Gasteiger partial charge in [0, 0.05) is 24.7 Å². The number of aliphatic hydroxyl groups excluding tert-OH is 2. The average molecular weight is 409 g/mol. The summed E-state index contributed by atoms with van der Waals surface area (Å²) >= 11 is 0. The molecule has 0 bridgehead atoms. The van der Waals surface area contributed by atoms with Crippen LogP contribution in [0, 0.1) is 35.5 Å². The highest BCUT2D eigenvalue weighted by Gasteiger charge is 2.44. The molecule has 5 heteroatoms. The molecule has 0 saturated heterocycles. The van der Waals surface area contributed by atoms with Gasteiger partial charge in [-0.05, 0) is 56.8 Å². The van der Waals surface area contributed by atoms with Crippen molar-refractivity contribution >= 4 is 7.37 Å². The van der Waals surface area contributed by atoms with E-state index in [-0.39, 0.29) is 17.9 Å². The van der Waals surface area contributed by atoms with Crippen LogP contribution in [0.4, 0.5) is 0 Å². The van der Waals surface area contributed by atoms with Gasteiger partial charge in [0.25, 0.3) is 0 Å². The first-order valence-corrected chi connectivity index (χ1v) is 12.7. The van der Waals surface area contributed by atoms with E-state index in [1.54, 1.807) is 13.8 Å². The summed E-state index contributed by atoms with van der Waals surface area (Å²) < 4.78 is 11.7. The number of rotatable bonds is 9. The zero-order valence-corrected chi connectivity index (χ0v) is 18.4. The van der Waals surface area contributed by atoms with Gasteiger partial charge in [0.1, 0.15) is 0 Å². The molecule has 2 aliphatic carbocycles. The molecule has 28 heavy (non-hydrogen) atoms. The summed E-state index contributed by atoms with van der Waals surface area (Å²) in [6.07, 6.45) is 11.2. The third-order valence-corrected chi connectivity index (χ3v) is 8.47. The molecular formula is C23H37O4P. The van der Waals surface area contributed by atoms with Crippen molar-refractivity contribution in [1.29, 1.82) is 0 Å². The lowest BCUT2D eigenvalue weighted by molar-refractivity contribution is 0.137. The number of hydrogen-bond donors (Lipinski definition) is 3. The third-order valence-electron chi connectivity index (χ3n) is 6.46. The summed E-state index contributed by atoms with van der Waals surface area (Å²) in [5.41, 5.74) is 1.43. The molecule has 0 aromatic rings. The SMILES string of the molecule is CC#CCC(C)C(O)/C=C/[C@@H]1[C@H]2C/C(=C/CCCP(=O)(O)CC)C[C@H]2C[C@H]1O. The second-order valence-corrected chi connectivity index (χ2v) is 11.4. The molecule has 0 aliphatic heterocycles. The molecule has 2 fully saturated rings. The minimum atomic E-state index is -2.91. The fraction of sp³-hybridized carbons (Fsp3) is 0.739. The molecule has 0 spiro atoms. The van der Waals surface area contributed by atoms with Crippen LogP contribution in [0.3, 0.4) is 0 Å². The number of hydrogen-bond acceptors (Lipinski definition) is 3. The van der Waals surface area contributed by atoms with E-state index >= 15 is 0 Å². The van der Waals surface area contributed by atoms with E-state index in [1.807, 2.05) is 19.1 Å². The van der Waals surface area contributed by atoms with Gasteiger partial charge >= 0.3 is 0 Å². The van der Waals surface area contributed by atoms with Crippen molar-refractivity contribution in [2.45, 2.75) is 71.5 Å². The normalized spacial score (nSPS) is 32.7. The van der Waals surface area contributed by atoms with Crippen molar-refractivity contribution in [1.82, 2.24) is 0 Å². The summed E-state index contributed by atoms with van der Waals surface area (Å²) in [7, 11) is -2.91. The first-order chi connectivity index (χ1) is 13.3. The number of unbranched alkanes of at least 4 members (excludes halogenated alkanes) is 1. The maximum Gasteiger partial charge on any atom is 0.200 e. The van der Waals surface area contributed by atoms with Crippen LogP contribution in [0.25, 0.3) is 0 Å². The Morgan fingerprint density at radius 2 is 2.11 bits per heavy atom. The van der Waals surface area contributed by atoms with Gasteiger partial charge in [0.05, 0.1) is 12.2 Å². The van der Waals surface area contributed by atoms with Gasteiger partial charge in [0.2, 0.25) is 0 Å². The van der Waals surface area contributed by atoms with Crippen LogP contribution in [0.2, 0.25) is 0 Å². The summed E-state index contributed by atoms with van der Waals surface area (Å²) in [5, 5.41) is 20.8. The number of aliphatic hydroxyl groups is 2. The summed E-state index contributed by atoms with van der Waals surface area (Å²) in [5.74, 6) is 7.02. The van der Waals surface area contributed by atoms with Crippen LogP contribution in [-0.4, -0.2) is 39.6 Å². The van der Waals surface area contributed by atoms with E-state index in [2.05, 4.69) is 17.9 Å². The molecule has 4 nitrogen and oxygen atoms in total. The molecule has 3 unspecified atom stereocenters. The molecule has 7 atom stereocenters. The Hall–Kier alpha value is -0.850. The van der Waals surface area contributed by atoms with Crippen LogP contribution >= 0.6 is 7.37 Å². The smallest absolute Gasteiger partial charge is 0.200 e. The van der Waals surface area contributed by atoms with Gasteiger partial charge in [-0.1, -0.05) is 37.6 Å². The van der Waals surface area contributed by atoms with Crippen molar-refractivity contribution in [3.63, 3.8) is 0 Å². The fourth-order valence-corrected chi connectivity index (χ4v) is 5.55. The molecule has 0 aromatic carbocycles. The van der Waals surface area contributed by atoms with Crippen molar-refractivity contribution in [3.8, 4) is 11.8 Å². The molecule has 0 amide bonds. The van der Waals surface area contributed by atoms with Crippen LogP contribution in [0.1, 0.15) is 59.3 Å². The Morgan fingerprint density at radius 1 is 1.36 bits per heavy atom. The predicted octanol–water partition coefficient (Wildman–Crippen LogP) is 4.36. The maximum atomic E-state index is 11.7. The minimum Gasteiger partial charge on any atom is -0.392 e. The van der Waals surface area contributed by atoms with Crippen LogP contribution < -0.4 is 0 Å². The van der Waals surface area contributed by atoms with Gasteiger partial charge in [-0.2, -0.15) is 0 Å². The monoisotopic (exact) mass is 408 g/mol. The highest BCUT2D eigenvalue weighted by Crippen LogP contribution is 2.50. The van der Waals surface area contributed by atoms with Crippen molar-refractivity contribution in [3.05, 3.63) is 23.8 Å². The third kappa shape index (κ3) is 6.60. The zero-order chi connectivity index (χ0) is 20.7. The second kappa shape index (κ2) is 10.8. The Bertz CT molecular complexity index is 672. The molecule has 158 valence electrons. The Labute approximate surface area is 170 Å². The highest BCUT2D eigenvalue weighted by atomic mass is 31.2. The van der Waals surface area contributed by atoms with E-state index in [9.17, 15) is 19.7 Å². The van der Waals surface area contributed by atoms with E-state index in [1.165, 1.54) is 5.57 Å². The summed E-state index contributed by atoms with van der Waals surface area (Å²) in [4.78, 5) is 9.67. The topological polar surface area (TPSA) is 77.8 Å². The van der Waals surface area contributed by atoms with Crippen LogP contribution in [0.15, 0.2) is 23.8 Å². The van der Waals surface area contributed by atoms with E-state index in [0.717, 1.165) is 32.1 Å². The van der Waals surface area contributed by atoms with Crippen molar-refractivity contribution in [2.24, 2.45) is 23.7 Å². The maximum absolute atomic E-state index is 11.7. The molecule has 0 heterocycles. The lowest BCUT2D eigenvalue weighted by Gasteiger charge is -2.19. The molecule has 2 saturated carbocycles. The largest absolute Gasteiger partial charge is 0.392 e. The zero-order valence-electron chi connectivity index (χ0n) is 17.6. The van der Waals surface area contributed by atoms with E-state index in [4.69, 9.17) is 0 Å². The van der Waals surface area contributed by atoms with E-state index < -0.39 is 13.5 Å². The second-order valence-electron chi connectivity index (χ2n) is 8.59. The number of allylic oxidation sites excluding steroid dienone is 2. The molecular weight excluding hydrogens is 371 g/mol. The van der Waals surface area contributed by atoms with Crippen molar-refractivity contribution < 1.29 is 19.7 Å². The lowest BCUT2D eigenvalue weighted by atomic mass is 9.89. The Balaban J connectivity index is 1.88. The highest BCUT2D eigenvalue weighted by molar-refractivity contribution is 7.57. The summed E-state index contributed by atoms with van der Waals surface area (Å²) in [6, 6.07) is 0. The molecule has 3 N–H and O–H groups in total. The van der Waals surface area contributed by atoms with Gasteiger partial charge in [-0.15, -0.1) is 11.8 Å². The Morgan fingerprint density at radius 3 is 2.79 bits per heavy atom. The standard InChI is InChI=1S/C23H37O4P/c1-4-6-9-17(3)22(24)12-11-20-21-15-18(14-19(21)16-23(20)25)10-7-8-13-28(26,27)5-2/h10-12,17,19-25H,5,7-9,13-16H2,1-3H3,(H,26,27)/b12-11+,18-10+/t17?,19-,20+,21-,22?,23+/m0/s1. The van der Waals surface area contributed by atoms with Gasteiger partial charge in [0.15, 0.2) is 7.37 Å². The number of fused-ring (bicyclic) bond motifs is 1. The quantitative estimate of drug-likeness (QED) is 0.229. The van der Waals surface area contributed by atoms with Gasteiger partial charge in [-0.25, -0.2) is 0 Å². The summed E-state index contributed by atoms with van der Waals surface area (Å²) in [6.45, 7) is 5.57. The predicted molar refractivity (Wildman–Crippen MR) is 115 cm³/mol. The van der Waals surface area contributed by atoms with Gasteiger partial charge in [-0.3, -0.25) is 4.57 Å². The molecule has 0 aromatic heterocycles. The average Bonchev–Trinajstić information content (AvgIpc) is 3.17. The lowest BCUT2D eigenvalue weighted by Crippen LogP contribution is -2.19. The van der Waals surface area contributed by atoms with Crippen LogP contribution in [0.5, 0.6) is 0 Å². The first kappa shape index (κ1) is 23.4. The van der Waals surface area contributed by atoms with Gasteiger partial charge < -0.3 is 15.1 Å². The molecule has 0 radical (unpaired) electrons. The first-order valence-electron chi connectivity index (χ1n) is 10.7. The molecule has 2 rings (SSSR count).